The number of nitrogens with zero attached hydrogens (tertiary/aromatic N) is 2. The van der Waals surface area contributed by atoms with E-state index in [9.17, 15) is 20.3 Å². The molecule has 0 aromatic carbocycles. The van der Waals surface area contributed by atoms with Crippen LogP contribution in [0.3, 0.4) is 0 Å². The molecule has 0 aromatic heterocycles. The fourth-order valence-corrected chi connectivity index (χ4v) is 3.56. The number of ether oxygens (including phenoxy) is 2. The molecule has 0 aliphatic carbocycles. The summed E-state index contributed by atoms with van der Waals surface area (Å²) in [5.41, 5.74) is -1.74. The number of hydrogen-bond donors (Lipinski definition) is 0. The summed E-state index contributed by atoms with van der Waals surface area (Å²) in [4.78, 5) is 25.5. The summed E-state index contributed by atoms with van der Waals surface area (Å²) in [5, 5.41) is 19.6. The van der Waals surface area contributed by atoms with Gasteiger partial charge < -0.3 is 14.9 Å². The lowest BCUT2D eigenvalue weighted by molar-refractivity contribution is -0.153. The first kappa shape index (κ1) is 30.9. The second-order valence-electron chi connectivity index (χ2n) is 10.3. The normalized spacial score (nSPS) is 12.8. The molecule has 0 N–H and O–H groups in total. The molecule has 0 bridgehead atoms. The van der Waals surface area contributed by atoms with Crippen molar-refractivity contribution in [1.29, 1.82) is 5.26 Å². The van der Waals surface area contributed by atoms with Gasteiger partial charge in [0.05, 0.1) is 24.9 Å². The van der Waals surface area contributed by atoms with Crippen molar-refractivity contribution in [3.8, 4) is 6.07 Å². The summed E-state index contributed by atoms with van der Waals surface area (Å²) in [6.45, 7) is 13.1. The number of carbonyl (C=O) groups excluding carboxylic acids is 2. The Labute approximate surface area is 201 Å². The van der Waals surface area contributed by atoms with E-state index in [0.717, 1.165) is 32.1 Å². The van der Waals surface area contributed by atoms with Gasteiger partial charge in [0, 0.05) is 6.42 Å². The van der Waals surface area contributed by atoms with Gasteiger partial charge in [-0.3, -0.25) is 10.7 Å². The van der Waals surface area contributed by atoms with Crippen molar-refractivity contribution in [2.24, 2.45) is 23.2 Å². The monoisotopic (exact) mass is 461 g/mol. The maximum atomic E-state index is 13.0. The van der Waals surface area contributed by atoms with Gasteiger partial charge in [-0.2, -0.15) is 5.26 Å². The van der Waals surface area contributed by atoms with E-state index >= 15 is 0 Å². The van der Waals surface area contributed by atoms with Crippen LogP contribution in [-0.4, -0.2) is 31.0 Å². The van der Waals surface area contributed by atoms with E-state index in [4.69, 9.17) is 9.47 Å². The number of carbonyl (C=O) groups is 2. The summed E-state index contributed by atoms with van der Waals surface area (Å²) in [6, 6.07) is 2.11. The molecule has 0 amide bonds. The highest BCUT2D eigenvalue weighted by Gasteiger charge is 2.42. The molecule has 188 valence electrons. The molecule has 0 saturated carbocycles. The molecular weight excluding hydrogens is 416 g/mol. The maximum Gasteiger partial charge on any atom is 0.340 e. The van der Waals surface area contributed by atoms with Gasteiger partial charge in [0.2, 0.25) is 0 Å². The van der Waals surface area contributed by atoms with Crippen LogP contribution in [0.2, 0.25) is 0 Å². The average Bonchev–Trinajstić information content (AvgIpc) is 2.75. The zero-order chi connectivity index (χ0) is 25.3. The van der Waals surface area contributed by atoms with Crippen molar-refractivity contribution >= 4 is 17.8 Å². The van der Waals surface area contributed by atoms with Gasteiger partial charge in [-0.15, -0.1) is 0 Å². The summed E-state index contributed by atoms with van der Waals surface area (Å²) >= 11 is 0. The Balaban J connectivity index is 5.25. The number of hydrogen-bond acceptors (Lipinski definition) is 5. The van der Waals surface area contributed by atoms with Crippen molar-refractivity contribution in [2.45, 2.75) is 106 Å². The van der Waals surface area contributed by atoms with Gasteiger partial charge in [0.25, 0.3) is 0 Å². The van der Waals surface area contributed by atoms with E-state index in [-0.39, 0.29) is 31.6 Å². The molecule has 0 aromatic rings. The van der Waals surface area contributed by atoms with Crippen LogP contribution in [0, 0.1) is 34.5 Å². The number of unbranched alkanes of at least 4 members (excludes halogenated alkanes) is 2. The van der Waals surface area contributed by atoms with Crippen LogP contribution >= 0.6 is 0 Å². The summed E-state index contributed by atoms with van der Waals surface area (Å²) in [6.07, 6.45) is 6.87. The van der Waals surface area contributed by atoms with Gasteiger partial charge >= 0.3 is 11.9 Å². The van der Waals surface area contributed by atoms with Crippen molar-refractivity contribution in [1.82, 2.24) is 0 Å². The van der Waals surface area contributed by atoms with E-state index in [1.165, 1.54) is 0 Å². The molecule has 0 aliphatic rings. The Morgan fingerprint density at radius 3 is 1.82 bits per heavy atom. The lowest BCUT2D eigenvalue weighted by Crippen LogP contribution is -2.34. The minimum absolute atomic E-state index is 0.192. The van der Waals surface area contributed by atoms with Gasteiger partial charge in [0.15, 0.2) is 5.41 Å². The Bertz CT molecular complexity index is 672. The van der Waals surface area contributed by atoms with Crippen LogP contribution in [0.1, 0.15) is 106 Å². The Hall–Kier alpha value is -2.12. The quantitative estimate of drug-likeness (QED) is 0.0988. The predicted octanol–water partition coefficient (Wildman–Crippen LogP) is 6.62. The molecule has 6 heteroatoms. The predicted molar refractivity (Wildman–Crippen MR) is 133 cm³/mol. The van der Waals surface area contributed by atoms with Crippen LogP contribution in [0.4, 0.5) is 0 Å². The van der Waals surface area contributed by atoms with Crippen LogP contribution in [0.5, 0.6) is 0 Å². The SMILES string of the molecule is CC(C)CCCCCC(C#N)(CC(=C=[N-])C(=O)OCCCC(C)C)C(=O)OCCCC(C)C. The molecule has 1 atom stereocenters. The maximum absolute atomic E-state index is 13.0. The van der Waals surface area contributed by atoms with E-state index in [2.05, 4.69) is 47.6 Å². The molecule has 0 saturated heterocycles. The van der Waals surface area contributed by atoms with Gasteiger partial charge in [-0.25, -0.2) is 4.79 Å². The highest BCUT2D eigenvalue weighted by Crippen LogP contribution is 2.34. The molecule has 1 unspecified atom stereocenters. The number of nitriles is 1. The Morgan fingerprint density at radius 2 is 1.33 bits per heavy atom. The first-order valence-electron chi connectivity index (χ1n) is 12.6. The highest BCUT2D eigenvalue weighted by atomic mass is 16.5. The van der Waals surface area contributed by atoms with Gasteiger partial charge in [-0.1, -0.05) is 67.2 Å². The van der Waals surface area contributed by atoms with Crippen molar-refractivity contribution < 1.29 is 19.1 Å². The molecule has 0 heterocycles. The zero-order valence-corrected chi connectivity index (χ0v) is 21.7. The van der Waals surface area contributed by atoms with Crippen molar-refractivity contribution in [3.05, 3.63) is 11.0 Å². The van der Waals surface area contributed by atoms with Crippen LogP contribution < -0.4 is 0 Å². The summed E-state index contributed by atoms with van der Waals surface area (Å²) in [7, 11) is 0. The molecule has 0 aliphatic heterocycles. The smallest absolute Gasteiger partial charge is 0.340 e. The standard InChI is InChI=1S/C27H45N2O4/c1-21(2)12-8-7-9-15-27(20-29,26(31)33-17-11-14-23(5)6)18-24(19-28)25(30)32-16-10-13-22(3)4/h21-23H,7-18H2,1-6H3/q-1. The average molecular weight is 462 g/mol. The second kappa shape index (κ2) is 17.4. The van der Waals surface area contributed by atoms with E-state index < -0.39 is 17.4 Å². The molecule has 0 radical (unpaired) electrons. The fraction of sp³-hybridized carbons (Fsp3) is 0.815. The lowest BCUT2D eigenvalue weighted by Gasteiger charge is -2.25. The third-order valence-electron chi connectivity index (χ3n) is 5.67. The molecule has 0 spiro atoms. The van der Waals surface area contributed by atoms with Crippen LogP contribution in [0.25, 0.3) is 5.41 Å². The largest absolute Gasteiger partial charge is 0.763 e. The Morgan fingerprint density at radius 1 is 0.818 bits per heavy atom. The minimum atomic E-state index is -1.54. The summed E-state index contributed by atoms with van der Waals surface area (Å²) < 4.78 is 10.7. The fourth-order valence-electron chi connectivity index (χ4n) is 3.56. The number of esters is 2. The van der Waals surface area contributed by atoms with Gasteiger partial charge in [0.1, 0.15) is 0 Å². The van der Waals surface area contributed by atoms with E-state index in [1.54, 1.807) is 0 Å². The molecule has 0 fully saturated rings. The molecular formula is C27H45N2O4-. The molecule has 33 heavy (non-hydrogen) atoms. The highest BCUT2D eigenvalue weighted by molar-refractivity contribution is 5.99. The topological polar surface area (TPSA) is 98.7 Å². The van der Waals surface area contributed by atoms with Crippen LogP contribution in [0.15, 0.2) is 5.57 Å². The Kier molecular flexibility index (Phi) is 16.3. The van der Waals surface area contributed by atoms with Crippen molar-refractivity contribution in [2.75, 3.05) is 13.2 Å². The minimum Gasteiger partial charge on any atom is -0.763 e. The third kappa shape index (κ3) is 13.9. The number of rotatable bonds is 18. The lowest BCUT2D eigenvalue weighted by atomic mass is 9.78. The first-order valence-corrected chi connectivity index (χ1v) is 12.6. The zero-order valence-electron chi connectivity index (χ0n) is 21.7. The van der Waals surface area contributed by atoms with Crippen LogP contribution in [-0.2, 0) is 19.1 Å². The van der Waals surface area contributed by atoms with Gasteiger partial charge in [-0.05, 0) is 49.9 Å². The van der Waals surface area contributed by atoms with E-state index in [1.807, 2.05) is 5.87 Å². The second-order valence-corrected chi connectivity index (χ2v) is 10.3. The van der Waals surface area contributed by atoms with Crippen molar-refractivity contribution in [3.63, 3.8) is 0 Å². The third-order valence-corrected chi connectivity index (χ3v) is 5.67. The van der Waals surface area contributed by atoms with E-state index in [0.29, 0.717) is 37.0 Å². The first-order chi connectivity index (χ1) is 15.6. The molecule has 0 rings (SSSR count). The molecule has 6 nitrogen and oxygen atoms in total. The summed E-state index contributed by atoms with van der Waals surface area (Å²) in [5.74, 6) is 2.08.